The predicted octanol–water partition coefficient (Wildman–Crippen LogP) is 1.38. The molecule has 0 radical (unpaired) electrons. The molecule has 5 heteroatoms. The molecule has 5 nitrogen and oxygen atoms in total. The van der Waals surface area contributed by atoms with Gasteiger partial charge in [-0.15, -0.1) is 0 Å². The van der Waals surface area contributed by atoms with E-state index in [1.54, 1.807) is 19.2 Å². The average molecular weight is 266 g/mol. The highest BCUT2D eigenvalue weighted by Gasteiger charge is 2.20. The number of rotatable bonds is 7. The summed E-state index contributed by atoms with van der Waals surface area (Å²) in [5.41, 5.74) is 0.263. The first-order valence-electron chi connectivity index (χ1n) is 6.33. The number of carbonyl (C=O) groups is 1. The fraction of sp³-hybridized carbons (Fsp3) is 0.500. The van der Waals surface area contributed by atoms with Crippen LogP contribution >= 0.6 is 0 Å². The molecule has 0 aliphatic heterocycles. The normalized spacial score (nSPS) is 13.7. The average Bonchev–Trinajstić information content (AvgIpc) is 2.45. The van der Waals surface area contributed by atoms with Crippen LogP contribution in [-0.4, -0.2) is 36.8 Å². The number of hydrogen-bond acceptors (Lipinski definition) is 4. The molecule has 1 amide bonds. The van der Waals surface area contributed by atoms with Gasteiger partial charge in [0.25, 0.3) is 0 Å². The first kappa shape index (κ1) is 15.5. The largest absolute Gasteiger partial charge is 0.497 e. The van der Waals surface area contributed by atoms with E-state index in [0.717, 1.165) is 6.42 Å². The van der Waals surface area contributed by atoms with Gasteiger partial charge in [0.15, 0.2) is 0 Å². The summed E-state index contributed by atoms with van der Waals surface area (Å²) >= 11 is 0. The fourth-order valence-corrected chi connectivity index (χ4v) is 1.49. The Labute approximate surface area is 114 Å². The van der Waals surface area contributed by atoms with Crippen LogP contribution in [-0.2, 0) is 4.79 Å². The second kappa shape index (κ2) is 7.11. The van der Waals surface area contributed by atoms with Crippen LogP contribution < -0.4 is 15.4 Å². The van der Waals surface area contributed by atoms with Crippen molar-refractivity contribution in [3.05, 3.63) is 24.3 Å². The first-order valence-corrected chi connectivity index (χ1v) is 6.33. The molecule has 0 aliphatic rings. The summed E-state index contributed by atoms with van der Waals surface area (Å²) in [4.78, 5) is 11.8. The van der Waals surface area contributed by atoms with E-state index in [4.69, 9.17) is 4.74 Å². The number of aliphatic hydroxyl groups is 1. The maximum absolute atomic E-state index is 11.8. The highest BCUT2D eigenvalue weighted by atomic mass is 16.5. The molecule has 0 aliphatic carbocycles. The molecule has 0 aromatic heterocycles. The number of hydrogen-bond donors (Lipinski definition) is 3. The minimum absolute atomic E-state index is 0.00403. The lowest BCUT2D eigenvalue weighted by Gasteiger charge is -2.26. The number of amides is 1. The summed E-state index contributed by atoms with van der Waals surface area (Å²) in [5, 5.41) is 15.1. The van der Waals surface area contributed by atoms with E-state index in [9.17, 15) is 9.90 Å². The molecular formula is C14H22N2O3. The number of nitrogens with one attached hydrogen (secondary N) is 2. The molecule has 0 bridgehead atoms. The molecule has 1 aromatic rings. The maximum Gasteiger partial charge on any atom is 0.238 e. The zero-order valence-corrected chi connectivity index (χ0v) is 11.7. The lowest BCUT2D eigenvalue weighted by Crippen LogP contribution is -2.48. The zero-order valence-electron chi connectivity index (χ0n) is 11.7. The van der Waals surface area contributed by atoms with Gasteiger partial charge in [0, 0.05) is 17.3 Å². The second-order valence-corrected chi connectivity index (χ2v) is 4.71. The smallest absolute Gasteiger partial charge is 0.238 e. The van der Waals surface area contributed by atoms with E-state index in [-0.39, 0.29) is 19.1 Å². The Morgan fingerprint density at radius 3 is 2.79 bits per heavy atom. The van der Waals surface area contributed by atoms with Crippen molar-refractivity contribution in [1.29, 1.82) is 0 Å². The highest BCUT2D eigenvalue weighted by molar-refractivity contribution is 5.92. The van der Waals surface area contributed by atoms with E-state index >= 15 is 0 Å². The van der Waals surface area contributed by atoms with Gasteiger partial charge in [-0.1, -0.05) is 13.0 Å². The third-order valence-electron chi connectivity index (χ3n) is 3.16. The number of methoxy groups -OCH3 is 1. The van der Waals surface area contributed by atoms with Gasteiger partial charge in [-0.25, -0.2) is 0 Å². The van der Waals surface area contributed by atoms with Crippen LogP contribution in [0.5, 0.6) is 5.75 Å². The van der Waals surface area contributed by atoms with Crippen molar-refractivity contribution in [3.8, 4) is 5.75 Å². The van der Waals surface area contributed by atoms with Gasteiger partial charge >= 0.3 is 0 Å². The summed E-state index contributed by atoms with van der Waals surface area (Å²) in [6, 6.07) is 7.17. The molecule has 1 rings (SSSR count). The Balaban J connectivity index is 2.51. The van der Waals surface area contributed by atoms with Crippen molar-refractivity contribution in [1.82, 2.24) is 5.32 Å². The second-order valence-electron chi connectivity index (χ2n) is 4.71. The number of benzene rings is 1. The Hall–Kier alpha value is -1.59. The van der Waals surface area contributed by atoms with Gasteiger partial charge < -0.3 is 20.5 Å². The summed E-state index contributed by atoms with van der Waals surface area (Å²) in [6.45, 7) is 3.99. The van der Waals surface area contributed by atoms with Gasteiger partial charge in [0.1, 0.15) is 5.75 Å². The highest BCUT2D eigenvalue weighted by Crippen LogP contribution is 2.16. The molecule has 19 heavy (non-hydrogen) atoms. The number of aliphatic hydroxyl groups excluding tert-OH is 1. The van der Waals surface area contributed by atoms with Crippen molar-refractivity contribution in [3.63, 3.8) is 0 Å². The van der Waals surface area contributed by atoms with Crippen molar-refractivity contribution in [2.75, 3.05) is 25.6 Å². The van der Waals surface area contributed by atoms with Crippen molar-refractivity contribution >= 4 is 11.6 Å². The summed E-state index contributed by atoms with van der Waals surface area (Å²) in [6.07, 6.45) is 0.746. The monoisotopic (exact) mass is 266 g/mol. The molecule has 0 spiro atoms. The van der Waals surface area contributed by atoms with Gasteiger partial charge in [0.2, 0.25) is 5.91 Å². The van der Waals surface area contributed by atoms with E-state index in [1.165, 1.54) is 0 Å². The Morgan fingerprint density at radius 1 is 1.47 bits per heavy atom. The van der Waals surface area contributed by atoms with E-state index in [0.29, 0.717) is 11.4 Å². The maximum atomic E-state index is 11.8. The lowest BCUT2D eigenvalue weighted by atomic mass is 10.0. The van der Waals surface area contributed by atoms with Crippen LogP contribution in [0.2, 0.25) is 0 Å². The number of carbonyl (C=O) groups excluding carboxylic acids is 1. The van der Waals surface area contributed by atoms with Gasteiger partial charge in [-0.2, -0.15) is 0 Å². The topological polar surface area (TPSA) is 70.6 Å². The standard InChI is InChI=1S/C14H22N2O3/c1-4-14(2,10-17)15-9-13(18)16-11-6-5-7-12(8-11)19-3/h5-8,15,17H,4,9-10H2,1-3H3,(H,16,18). The molecule has 0 heterocycles. The van der Waals surface area contributed by atoms with Crippen LogP contribution in [0.15, 0.2) is 24.3 Å². The van der Waals surface area contributed by atoms with Gasteiger partial charge in [-0.3, -0.25) is 4.79 Å². The number of ether oxygens (including phenoxy) is 1. The SMILES string of the molecule is CCC(C)(CO)NCC(=O)Nc1cccc(OC)c1. The minimum atomic E-state index is -0.425. The molecule has 1 aromatic carbocycles. The molecular weight excluding hydrogens is 244 g/mol. The summed E-state index contributed by atoms with van der Waals surface area (Å²) in [7, 11) is 1.58. The van der Waals surface area contributed by atoms with E-state index < -0.39 is 5.54 Å². The van der Waals surface area contributed by atoms with E-state index in [1.807, 2.05) is 26.0 Å². The Bertz CT molecular complexity index is 417. The van der Waals surface area contributed by atoms with Crippen LogP contribution in [0.1, 0.15) is 20.3 Å². The van der Waals surface area contributed by atoms with E-state index in [2.05, 4.69) is 10.6 Å². The fourth-order valence-electron chi connectivity index (χ4n) is 1.49. The quantitative estimate of drug-likeness (QED) is 0.697. The zero-order chi connectivity index (χ0) is 14.3. The third-order valence-corrected chi connectivity index (χ3v) is 3.16. The van der Waals surface area contributed by atoms with Gasteiger partial charge in [0.05, 0.1) is 20.3 Å². The molecule has 0 saturated carbocycles. The lowest BCUT2D eigenvalue weighted by molar-refractivity contribution is -0.115. The molecule has 3 N–H and O–H groups in total. The van der Waals surface area contributed by atoms with Crippen LogP contribution in [0.4, 0.5) is 5.69 Å². The summed E-state index contributed by atoms with van der Waals surface area (Å²) in [5.74, 6) is 0.542. The van der Waals surface area contributed by atoms with Crippen LogP contribution in [0.3, 0.4) is 0 Å². The molecule has 0 saturated heterocycles. The Kier molecular flexibility index (Phi) is 5.79. The minimum Gasteiger partial charge on any atom is -0.497 e. The molecule has 1 unspecified atom stereocenters. The number of anilines is 1. The van der Waals surface area contributed by atoms with Crippen LogP contribution in [0, 0.1) is 0 Å². The molecule has 0 fully saturated rings. The Morgan fingerprint density at radius 2 is 2.21 bits per heavy atom. The van der Waals surface area contributed by atoms with Crippen molar-refractivity contribution in [2.24, 2.45) is 0 Å². The predicted molar refractivity (Wildman–Crippen MR) is 75.4 cm³/mol. The first-order chi connectivity index (χ1) is 9.03. The van der Waals surface area contributed by atoms with Crippen molar-refractivity contribution < 1.29 is 14.6 Å². The summed E-state index contributed by atoms with van der Waals surface area (Å²) < 4.78 is 5.09. The van der Waals surface area contributed by atoms with Crippen molar-refractivity contribution in [2.45, 2.75) is 25.8 Å². The third kappa shape index (κ3) is 4.89. The van der Waals surface area contributed by atoms with Gasteiger partial charge in [-0.05, 0) is 25.5 Å². The van der Waals surface area contributed by atoms with Crippen LogP contribution in [0.25, 0.3) is 0 Å². The molecule has 106 valence electrons. The molecule has 1 atom stereocenters.